The van der Waals surface area contributed by atoms with Crippen molar-refractivity contribution in [3.05, 3.63) is 72.1 Å². The van der Waals surface area contributed by atoms with E-state index in [1.54, 1.807) is 6.33 Å². The average Bonchev–Trinajstić information content (AvgIpc) is 3.24. The Kier molecular flexibility index (Phi) is 5.53. The molecule has 7 heteroatoms. The first kappa shape index (κ1) is 20.5. The number of halogens is 1. The number of nitrogens with zero attached hydrogens (tertiary/aromatic N) is 5. The van der Waals surface area contributed by atoms with Gasteiger partial charge in [0.2, 0.25) is 5.91 Å². The topological polar surface area (TPSA) is 54.3 Å². The van der Waals surface area contributed by atoms with Crippen molar-refractivity contribution in [1.82, 2.24) is 19.4 Å². The van der Waals surface area contributed by atoms with Crippen molar-refractivity contribution in [3.8, 4) is 16.8 Å². The van der Waals surface area contributed by atoms with Gasteiger partial charge in [-0.1, -0.05) is 54.9 Å². The molecule has 2 aromatic carbocycles. The second kappa shape index (κ2) is 8.63. The van der Waals surface area contributed by atoms with Crippen LogP contribution in [0.15, 0.2) is 67.1 Å². The molecule has 162 valence electrons. The van der Waals surface area contributed by atoms with Gasteiger partial charge in [-0.2, -0.15) is 0 Å². The third-order valence-electron chi connectivity index (χ3n) is 5.97. The second-order valence-corrected chi connectivity index (χ2v) is 8.31. The van der Waals surface area contributed by atoms with Crippen LogP contribution in [0.25, 0.3) is 27.8 Å². The Labute approximate surface area is 192 Å². The molecule has 0 bridgehead atoms. The SMILES string of the molecule is CCC(=O)N1CCN(c2ncnc3c2c(-c2ccccc2)cn3-c2cccc(Cl)c2)CC1. The first-order valence-electron chi connectivity index (χ1n) is 10.9. The first-order chi connectivity index (χ1) is 15.7. The zero-order valence-corrected chi connectivity index (χ0v) is 18.7. The summed E-state index contributed by atoms with van der Waals surface area (Å²) in [5, 5.41) is 1.69. The normalized spacial score (nSPS) is 14.2. The van der Waals surface area contributed by atoms with Crippen LogP contribution in [0.5, 0.6) is 0 Å². The first-order valence-corrected chi connectivity index (χ1v) is 11.2. The zero-order chi connectivity index (χ0) is 22.1. The van der Waals surface area contributed by atoms with Crippen LogP contribution in [0.3, 0.4) is 0 Å². The van der Waals surface area contributed by atoms with Crippen LogP contribution in [-0.4, -0.2) is 51.5 Å². The number of hydrogen-bond donors (Lipinski definition) is 0. The minimum atomic E-state index is 0.203. The van der Waals surface area contributed by atoms with E-state index in [0.717, 1.165) is 46.8 Å². The summed E-state index contributed by atoms with van der Waals surface area (Å²) >= 11 is 6.29. The van der Waals surface area contributed by atoms with Crippen LogP contribution in [-0.2, 0) is 4.79 Å². The van der Waals surface area contributed by atoms with Crippen LogP contribution in [0, 0.1) is 0 Å². The molecule has 1 aliphatic heterocycles. The third kappa shape index (κ3) is 3.71. The number of hydrogen-bond acceptors (Lipinski definition) is 4. The summed E-state index contributed by atoms with van der Waals surface area (Å²) in [6.07, 6.45) is 4.27. The molecule has 1 saturated heterocycles. The smallest absolute Gasteiger partial charge is 0.222 e. The molecule has 0 saturated carbocycles. The zero-order valence-electron chi connectivity index (χ0n) is 17.9. The highest BCUT2D eigenvalue weighted by molar-refractivity contribution is 6.30. The maximum Gasteiger partial charge on any atom is 0.222 e. The maximum atomic E-state index is 12.1. The number of rotatable bonds is 4. The highest BCUT2D eigenvalue weighted by Gasteiger charge is 2.25. The number of aromatic nitrogens is 3. The molecule has 5 rings (SSSR count). The predicted octanol–water partition coefficient (Wildman–Crippen LogP) is 4.80. The van der Waals surface area contributed by atoms with E-state index in [1.165, 1.54) is 0 Å². The molecule has 0 radical (unpaired) electrons. The quantitative estimate of drug-likeness (QED) is 0.452. The fourth-order valence-corrected chi connectivity index (χ4v) is 4.52. The van der Waals surface area contributed by atoms with Gasteiger partial charge in [-0.05, 0) is 23.8 Å². The van der Waals surface area contributed by atoms with Crippen molar-refractivity contribution in [1.29, 1.82) is 0 Å². The number of piperazine rings is 1. The molecule has 1 fully saturated rings. The van der Waals surface area contributed by atoms with Gasteiger partial charge in [-0.15, -0.1) is 0 Å². The van der Waals surface area contributed by atoms with E-state index in [2.05, 4.69) is 32.8 Å². The van der Waals surface area contributed by atoms with Gasteiger partial charge in [-0.25, -0.2) is 9.97 Å². The summed E-state index contributed by atoms with van der Waals surface area (Å²) in [6, 6.07) is 18.1. The van der Waals surface area contributed by atoms with Crippen molar-refractivity contribution in [2.24, 2.45) is 0 Å². The Balaban J connectivity index is 1.64. The molecule has 1 aliphatic rings. The summed E-state index contributed by atoms with van der Waals surface area (Å²) in [5.41, 5.74) is 3.97. The molecule has 0 atom stereocenters. The molecule has 2 aromatic heterocycles. The molecular formula is C25H24ClN5O. The summed E-state index contributed by atoms with van der Waals surface area (Å²) in [6.45, 7) is 4.80. The summed E-state index contributed by atoms with van der Waals surface area (Å²) < 4.78 is 2.07. The number of carbonyl (C=O) groups excluding carboxylic acids is 1. The maximum absolute atomic E-state index is 12.1. The predicted molar refractivity (Wildman–Crippen MR) is 128 cm³/mol. The Hall–Kier alpha value is -3.38. The number of anilines is 1. The molecule has 0 spiro atoms. The van der Waals surface area contributed by atoms with Crippen LogP contribution in [0.4, 0.5) is 5.82 Å². The van der Waals surface area contributed by atoms with Gasteiger partial charge in [0.05, 0.1) is 5.39 Å². The Morgan fingerprint density at radius 1 is 1.00 bits per heavy atom. The average molecular weight is 446 g/mol. The molecule has 0 unspecified atom stereocenters. The minimum Gasteiger partial charge on any atom is -0.352 e. The molecular weight excluding hydrogens is 422 g/mol. The van der Waals surface area contributed by atoms with Crippen molar-refractivity contribution in [2.45, 2.75) is 13.3 Å². The lowest BCUT2D eigenvalue weighted by atomic mass is 10.1. The van der Waals surface area contributed by atoms with Gasteiger partial charge in [0.15, 0.2) is 5.65 Å². The van der Waals surface area contributed by atoms with E-state index in [-0.39, 0.29) is 5.91 Å². The molecule has 32 heavy (non-hydrogen) atoms. The van der Waals surface area contributed by atoms with Crippen molar-refractivity contribution >= 4 is 34.4 Å². The second-order valence-electron chi connectivity index (χ2n) is 7.88. The van der Waals surface area contributed by atoms with E-state index in [0.29, 0.717) is 24.5 Å². The molecule has 1 amide bonds. The van der Waals surface area contributed by atoms with Gasteiger partial charge in [0, 0.05) is 55.1 Å². The van der Waals surface area contributed by atoms with Gasteiger partial charge in [0.1, 0.15) is 12.1 Å². The monoisotopic (exact) mass is 445 g/mol. The Morgan fingerprint density at radius 2 is 1.78 bits per heavy atom. The van der Waals surface area contributed by atoms with E-state index >= 15 is 0 Å². The van der Waals surface area contributed by atoms with Gasteiger partial charge in [0.25, 0.3) is 0 Å². The molecule has 0 N–H and O–H groups in total. The number of amides is 1. The standard InChI is InChI=1S/C25H24ClN5O/c1-2-22(32)29-11-13-30(14-12-29)24-23-21(18-7-4-3-5-8-18)16-31(25(23)28-17-27-24)20-10-6-9-19(26)15-20/h3-10,15-17H,2,11-14H2,1H3. The fraction of sp³-hybridized carbons (Fsp3) is 0.240. The summed E-state index contributed by atoms with van der Waals surface area (Å²) in [7, 11) is 0. The highest BCUT2D eigenvalue weighted by Crippen LogP contribution is 2.37. The lowest BCUT2D eigenvalue weighted by Crippen LogP contribution is -2.48. The summed E-state index contributed by atoms with van der Waals surface area (Å²) in [4.78, 5) is 25.7. The minimum absolute atomic E-state index is 0.203. The lowest BCUT2D eigenvalue weighted by Gasteiger charge is -2.35. The number of carbonyl (C=O) groups is 1. The largest absolute Gasteiger partial charge is 0.352 e. The van der Waals surface area contributed by atoms with Crippen LogP contribution in [0.1, 0.15) is 13.3 Å². The van der Waals surface area contributed by atoms with Gasteiger partial charge in [-0.3, -0.25) is 4.79 Å². The van der Waals surface area contributed by atoms with Crippen LogP contribution in [0.2, 0.25) is 5.02 Å². The van der Waals surface area contributed by atoms with Crippen molar-refractivity contribution < 1.29 is 4.79 Å². The third-order valence-corrected chi connectivity index (χ3v) is 6.20. The van der Waals surface area contributed by atoms with E-state index in [9.17, 15) is 4.79 Å². The number of benzene rings is 2. The molecule has 4 aromatic rings. The molecule has 6 nitrogen and oxygen atoms in total. The van der Waals surface area contributed by atoms with Crippen LogP contribution >= 0.6 is 11.6 Å². The molecule has 0 aliphatic carbocycles. The van der Waals surface area contributed by atoms with E-state index in [4.69, 9.17) is 16.6 Å². The van der Waals surface area contributed by atoms with Gasteiger partial charge >= 0.3 is 0 Å². The van der Waals surface area contributed by atoms with Gasteiger partial charge < -0.3 is 14.4 Å². The lowest BCUT2D eigenvalue weighted by molar-refractivity contribution is -0.131. The van der Waals surface area contributed by atoms with E-state index < -0.39 is 0 Å². The Bertz CT molecular complexity index is 1260. The van der Waals surface area contributed by atoms with Crippen molar-refractivity contribution in [3.63, 3.8) is 0 Å². The molecule has 3 heterocycles. The fourth-order valence-electron chi connectivity index (χ4n) is 4.34. The summed E-state index contributed by atoms with van der Waals surface area (Å²) in [5.74, 6) is 1.10. The number of fused-ring (bicyclic) bond motifs is 1. The van der Waals surface area contributed by atoms with Crippen LogP contribution < -0.4 is 4.90 Å². The highest BCUT2D eigenvalue weighted by atomic mass is 35.5. The van der Waals surface area contributed by atoms with Crippen molar-refractivity contribution in [2.75, 3.05) is 31.1 Å². The Morgan fingerprint density at radius 3 is 2.50 bits per heavy atom. The van der Waals surface area contributed by atoms with E-state index in [1.807, 2.05) is 54.3 Å².